The lowest BCUT2D eigenvalue weighted by Crippen LogP contribution is -2.32. The number of pyridine rings is 1. The number of sulfone groups is 1. The third-order valence-corrected chi connectivity index (χ3v) is 8.35. The van der Waals surface area contributed by atoms with Gasteiger partial charge in [0.05, 0.1) is 40.2 Å². The summed E-state index contributed by atoms with van der Waals surface area (Å²) in [5.74, 6) is -0.0611. The van der Waals surface area contributed by atoms with Gasteiger partial charge in [-0.2, -0.15) is 0 Å². The highest BCUT2D eigenvalue weighted by molar-refractivity contribution is 7.91. The van der Waals surface area contributed by atoms with E-state index in [1.54, 1.807) is 24.4 Å². The molecule has 0 atom stereocenters. The van der Waals surface area contributed by atoms with Crippen LogP contribution in [0.4, 0.5) is 5.13 Å². The van der Waals surface area contributed by atoms with Crippen LogP contribution < -0.4 is 9.64 Å². The SMILES string of the molecule is COc1ccc(S(=O)(=O)CCC(=O)N(Cc2ccccn2)c2nc3cc(C)cc(C)c3s2)cc1. The number of rotatable bonds is 8. The van der Waals surface area contributed by atoms with Crippen molar-refractivity contribution in [3.8, 4) is 5.75 Å². The van der Waals surface area contributed by atoms with Crippen LogP contribution in [0.5, 0.6) is 5.75 Å². The van der Waals surface area contributed by atoms with Gasteiger partial charge in [-0.25, -0.2) is 13.4 Å². The van der Waals surface area contributed by atoms with Crippen molar-refractivity contribution in [1.82, 2.24) is 9.97 Å². The lowest BCUT2D eigenvalue weighted by atomic mass is 10.1. The van der Waals surface area contributed by atoms with Crippen molar-refractivity contribution in [2.24, 2.45) is 0 Å². The average Bonchev–Trinajstić information content (AvgIpc) is 3.26. The second-order valence-corrected chi connectivity index (χ2v) is 11.1. The highest BCUT2D eigenvalue weighted by Gasteiger charge is 2.24. The zero-order valence-corrected chi connectivity index (χ0v) is 20.8. The number of carbonyl (C=O) groups excluding carboxylic acids is 1. The molecule has 4 rings (SSSR count). The van der Waals surface area contributed by atoms with E-state index in [1.165, 1.54) is 35.5 Å². The smallest absolute Gasteiger partial charge is 0.230 e. The molecule has 0 fully saturated rings. The van der Waals surface area contributed by atoms with Crippen LogP contribution in [0.3, 0.4) is 0 Å². The molecule has 0 saturated carbocycles. The Morgan fingerprint density at radius 2 is 1.85 bits per heavy atom. The Labute approximate surface area is 203 Å². The minimum atomic E-state index is -3.64. The molecule has 2 aromatic heterocycles. The van der Waals surface area contributed by atoms with Crippen LogP contribution in [0.2, 0.25) is 0 Å². The molecule has 0 aliphatic heterocycles. The Hall–Kier alpha value is -3.30. The topological polar surface area (TPSA) is 89.5 Å². The molecule has 0 saturated heterocycles. The fourth-order valence-corrected chi connectivity index (χ4v) is 5.92. The molecule has 0 N–H and O–H groups in total. The Balaban J connectivity index is 1.61. The molecule has 1 amide bonds. The Kier molecular flexibility index (Phi) is 6.95. The zero-order chi connectivity index (χ0) is 24.3. The molecule has 0 radical (unpaired) electrons. The lowest BCUT2D eigenvalue weighted by molar-refractivity contribution is -0.118. The first-order valence-electron chi connectivity index (χ1n) is 10.7. The molecular weight excluding hydrogens is 470 g/mol. The van der Waals surface area contributed by atoms with E-state index < -0.39 is 9.84 Å². The normalized spacial score (nSPS) is 11.5. The van der Waals surface area contributed by atoms with Gasteiger partial charge >= 0.3 is 0 Å². The summed E-state index contributed by atoms with van der Waals surface area (Å²) in [6, 6.07) is 15.7. The predicted octanol–water partition coefficient (Wildman–Crippen LogP) is 4.71. The van der Waals surface area contributed by atoms with Crippen molar-refractivity contribution in [3.63, 3.8) is 0 Å². The number of fused-ring (bicyclic) bond motifs is 1. The number of benzene rings is 2. The maximum atomic E-state index is 13.3. The minimum Gasteiger partial charge on any atom is -0.497 e. The monoisotopic (exact) mass is 495 g/mol. The summed E-state index contributed by atoms with van der Waals surface area (Å²) in [5.41, 5.74) is 3.70. The molecule has 0 spiro atoms. The van der Waals surface area contributed by atoms with Crippen molar-refractivity contribution in [2.75, 3.05) is 17.8 Å². The fraction of sp³-hybridized carbons (Fsp3) is 0.240. The summed E-state index contributed by atoms with van der Waals surface area (Å²) < 4.78 is 31.8. The molecule has 4 aromatic rings. The van der Waals surface area contributed by atoms with Crippen molar-refractivity contribution in [2.45, 2.75) is 31.7 Å². The van der Waals surface area contributed by atoms with E-state index in [2.05, 4.69) is 11.1 Å². The maximum Gasteiger partial charge on any atom is 0.230 e. The van der Waals surface area contributed by atoms with E-state index >= 15 is 0 Å². The van der Waals surface area contributed by atoms with Gasteiger partial charge in [0.25, 0.3) is 0 Å². The Morgan fingerprint density at radius 1 is 1.09 bits per heavy atom. The number of hydrogen-bond donors (Lipinski definition) is 0. The molecule has 176 valence electrons. The van der Waals surface area contributed by atoms with Crippen LogP contribution in [0.25, 0.3) is 10.2 Å². The third-order valence-electron chi connectivity index (χ3n) is 5.39. The summed E-state index contributed by atoms with van der Waals surface area (Å²) in [4.78, 5) is 24.1. The summed E-state index contributed by atoms with van der Waals surface area (Å²) >= 11 is 1.42. The van der Waals surface area contributed by atoms with Crippen LogP contribution in [-0.4, -0.2) is 37.2 Å². The minimum absolute atomic E-state index is 0.156. The average molecular weight is 496 g/mol. The number of anilines is 1. The number of amides is 1. The standard InChI is InChI=1S/C25H25N3O4S2/c1-17-14-18(2)24-22(15-17)27-25(33-24)28(16-19-6-4-5-12-26-19)23(29)11-13-34(30,31)21-9-7-20(32-3)8-10-21/h4-10,12,14-15H,11,13,16H2,1-3H3. The van der Waals surface area contributed by atoms with Crippen LogP contribution in [0, 0.1) is 13.8 Å². The number of thiazole rings is 1. The van der Waals surface area contributed by atoms with E-state index in [0.717, 1.165) is 21.3 Å². The van der Waals surface area contributed by atoms with Gasteiger partial charge in [0.15, 0.2) is 15.0 Å². The number of aromatic nitrogens is 2. The van der Waals surface area contributed by atoms with Gasteiger partial charge < -0.3 is 4.74 Å². The van der Waals surface area contributed by atoms with E-state index in [1.807, 2.05) is 32.0 Å². The molecule has 9 heteroatoms. The van der Waals surface area contributed by atoms with Crippen LogP contribution >= 0.6 is 11.3 Å². The molecule has 34 heavy (non-hydrogen) atoms. The van der Waals surface area contributed by atoms with Crippen molar-refractivity contribution in [1.29, 1.82) is 0 Å². The summed E-state index contributed by atoms with van der Waals surface area (Å²) in [5, 5.41) is 0.529. The van der Waals surface area contributed by atoms with Crippen molar-refractivity contribution >= 4 is 42.4 Å². The quantitative estimate of drug-likeness (QED) is 0.352. The van der Waals surface area contributed by atoms with Crippen LogP contribution in [-0.2, 0) is 21.2 Å². The van der Waals surface area contributed by atoms with E-state index in [-0.39, 0.29) is 29.5 Å². The van der Waals surface area contributed by atoms with Gasteiger partial charge in [0.2, 0.25) is 5.91 Å². The first kappa shape index (κ1) is 23.8. The molecule has 0 aliphatic carbocycles. The number of hydrogen-bond acceptors (Lipinski definition) is 7. The molecule has 0 aliphatic rings. The lowest BCUT2D eigenvalue weighted by Gasteiger charge is -2.19. The second kappa shape index (κ2) is 9.90. The number of carbonyl (C=O) groups is 1. The first-order valence-corrected chi connectivity index (χ1v) is 13.2. The fourth-order valence-electron chi connectivity index (χ4n) is 3.65. The highest BCUT2D eigenvalue weighted by atomic mass is 32.2. The van der Waals surface area contributed by atoms with Crippen molar-refractivity contribution in [3.05, 3.63) is 77.6 Å². The highest BCUT2D eigenvalue weighted by Crippen LogP contribution is 2.33. The summed E-state index contributed by atoms with van der Waals surface area (Å²) in [6.07, 6.45) is 1.49. The summed E-state index contributed by atoms with van der Waals surface area (Å²) in [6.45, 7) is 4.23. The van der Waals surface area contributed by atoms with E-state index in [9.17, 15) is 13.2 Å². The van der Waals surface area contributed by atoms with Gasteiger partial charge in [0.1, 0.15) is 5.75 Å². The van der Waals surface area contributed by atoms with Gasteiger partial charge in [-0.3, -0.25) is 14.7 Å². The molecule has 0 bridgehead atoms. The third kappa shape index (κ3) is 5.26. The number of aryl methyl sites for hydroxylation is 2. The van der Waals surface area contributed by atoms with E-state index in [0.29, 0.717) is 16.6 Å². The molecule has 2 heterocycles. The van der Waals surface area contributed by atoms with Crippen molar-refractivity contribution < 1.29 is 17.9 Å². The predicted molar refractivity (Wildman–Crippen MR) is 134 cm³/mol. The Morgan fingerprint density at radius 3 is 2.53 bits per heavy atom. The molecule has 0 unspecified atom stereocenters. The van der Waals surface area contributed by atoms with Crippen LogP contribution in [0.1, 0.15) is 23.2 Å². The first-order chi connectivity index (χ1) is 16.3. The molecule has 2 aromatic carbocycles. The van der Waals surface area contributed by atoms with E-state index in [4.69, 9.17) is 9.72 Å². The van der Waals surface area contributed by atoms with Gasteiger partial charge in [-0.1, -0.05) is 23.5 Å². The number of nitrogens with zero attached hydrogens (tertiary/aromatic N) is 3. The number of methoxy groups -OCH3 is 1. The maximum absolute atomic E-state index is 13.3. The second-order valence-electron chi connectivity index (χ2n) is 7.97. The molecule has 7 nitrogen and oxygen atoms in total. The van der Waals surface area contributed by atoms with Gasteiger partial charge in [-0.15, -0.1) is 0 Å². The van der Waals surface area contributed by atoms with Gasteiger partial charge in [-0.05, 0) is 67.4 Å². The van der Waals surface area contributed by atoms with Crippen LogP contribution in [0.15, 0.2) is 65.7 Å². The number of ether oxygens (including phenoxy) is 1. The van der Waals surface area contributed by atoms with Gasteiger partial charge in [0, 0.05) is 12.6 Å². The largest absolute Gasteiger partial charge is 0.497 e. The Bertz CT molecular complexity index is 1420. The zero-order valence-electron chi connectivity index (χ0n) is 19.2. The summed E-state index contributed by atoms with van der Waals surface area (Å²) in [7, 11) is -2.12. The molecular formula is C25H25N3O4S2.